The fraction of sp³-hybridized carbons (Fsp3) is 0.273. The van der Waals surface area contributed by atoms with Crippen molar-refractivity contribution in [2.75, 3.05) is 13.6 Å². The van der Waals surface area contributed by atoms with Gasteiger partial charge in [0.15, 0.2) is 0 Å². The molecule has 5 heteroatoms. The zero-order valence-electron chi connectivity index (χ0n) is 9.02. The lowest BCUT2D eigenvalue weighted by atomic mass is 10.3. The third-order valence-corrected chi connectivity index (χ3v) is 2.94. The predicted molar refractivity (Wildman–Crippen MR) is 66.7 cm³/mol. The SMILES string of the molecule is CNCCc1cn(-c2ccccc2Br)nn1. The average Bonchev–Trinajstić information content (AvgIpc) is 2.75. The van der Waals surface area contributed by atoms with E-state index >= 15 is 0 Å². The van der Waals surface area contributed by atoms with E-state index in [-0.39, 0.29) is 0 Å². The monoisotopic (exact) mass is 280 g/mol. The summed E-state index contributed by atoms with van der Waals surface area (Å²) in [4.78, 5) is 0. The van der Waals surface area contributed by atoms with Gasteiger partial charge in [-0.2, -0.15) is 0 Å². The van der Waals surface area contributed by atoms with Crippen LogP contribution in [0.1, 0.15) is 5.69 Å². The number of halogens is 1. The largest absolute Gasteiger partial charge is 0.319 e. The van der Waals surface area contributed by atoms with Crippen molar-refractivity contribution in [3.8, 4) is 5.69 Å². The number of likely N-dealkylation sites (N-methyl/N-ethyl adjacent to an activating group) is 1. The van der Waals surface area contributed by atoms with Crippen LogP contribution in [-0.4, -0.2) is 28.6 Å². The average molecular weight is 281 g/mol. The summed E-state index contributed by atoms with van der Waals surface area (Å²) in [5, 5.41) is 11.3. The Balaban J connectivity index is 2.22. The van der Waals surface area contributed by atoms with Gasteiger partial charge in [0.2, 0.25) is 0 Å². The zero-order chi connectivity index (χ0) is 11.4. The molecule has 1 aromatic heterocycles. The van der Waals surface area contributed by atoms with Crippen LogP contribution in [0.25, 0.3) is 5.69 Å². The number of benzene rings is 1. The van der Waals surface area contributed by atoms with E-state index in [4.69, 9.17) is 0 Å². The molecule has 4 nitrogen and oxygen atoms in total. The molecule has 0 saturated carbocycles. The van der Waals surface area contributed by atoms with E-state index in [1.807, 2.05) is 37.5 Å². The third kappa shape index (κ3) is 2.48. The van der Waals surface area contributed by atoms with Gasteiger partial charge < -0.3 is 5.32 Å². The van der Waals surface area contributed by atoms with Crippen LogP contribution in [0.2, 0.25) is 0 Å². The Morgan fingerprint density at radius 2 is 2.19 bits per heavy atom. The highest BCUT2D eigenvalue weighted by molar-refractivity contribution is 9.10. The molecule has 0 aliphatic carbocycles. The molecule has 1 aromatic carbocycles. The molecule has 0 aliphatic rings. The Kier molecular flexibility index (Phi) is 3.69. The number of para-hydroxylation sites is 1. The van der Waals surface area contributed by atoms with Crippen LogP contribution in [-0.2, 0) is 6.42 Å². The van der Waals surface area contributed by atoms with Crippen molar-refractivity contribution in [1.29, 1.82) is 0 Å². The van der Waals surface area contributed by atoms with Crippen LogP contribution >= 0.6 is 15.9 Å². The summed E-state index contributed by atoms with van der Waals surface area (Å²) in [6.07, 6.45) is 2.85. The van der Waals surface area contributed by atoms with Gasteiger partial charge >= 0.3 is 0 Å². The van der Waals surface area contributed by atoms with Crippen molar-refractivity contribution < 1.29 is 0 Å². The lowest BCUT2D eigenvalue weighted by Crippen LogP contribution is -2.10. The first kappa shape index (κ1) is 11.3. The lowest BCUT2D eigenvalue weighted by molar-refractivity contribution is 0.762. The molecule has 0 radical (unpaired) electrons. The summed E-state index contributed by atoms with van der Waals surface area (Å²) in [7, 11) is 1.93. The van der Waals surface area contributed by atoms with Gasteiger partial charge in [0.25, 0.3) is 0 Å². The Morgan fingerprint density at radius 3 is 2.94 bits per heavy atom. The van der Waals surface area contributed by atoms with Gasteiger partial charge in [-0.25, -0.2) is 4.68 Å². The van der Waals surface area contributed by atoms with Crippen LogP contribution in [0.3, 0.4) is 0 Å². The van der Waals surface area contributed by atoms with Crippen LogP contribution in [0.5, 0.6) is 0 Å². The summed E-state index contributed by atoms with van der Waals surface area (Å²) in [5.74, 6) is 0. The first-order valence-corrected chi connectivity index (χ1v) is 5.91. The van der Waals surface area contributed by atoms with Gasteiger partial charge in [-0.05, 0) is 35.1 Å². The second-order valence-corrected chi connectivity index (χ2v) is 4.31. The molecule has 2 rings (SSSR count). The summed E-state index contributed by atoms with van der Waals surface area (Å²) in [5.41, 5.74) is 2.00. The summed E-state index contributed by atoms with van der Waals surface area (Å²) < 4.78 is 2.80. The molecule has 0 spiro atoms. The topological polar surface area (TPSA) is 42.7 Å². The fourth-order valence-electron chi connectivity index (χ4n) is 1.42. The summed E-state index contributed by atoms with van der Waals surface area (Å²) >= 11 is 3.49. The van der Waals surface area contributed by atoms with Gasteiger partial charge in [0.05, 0.1) is 17.6 Å². The molecule has 0 aliphatic heterocycles. The molecule has 1 N–H and O–H groups in total. The Morgan fingerprint density at radius 1 is 1.38 bits per heavy atom. The maximum absolute atomic E-state index is 4.12. The molecule has 16 heavy (non-hydrogen) atoms. The standard InChI is InChI=1S/C11H13BrN4/c1-13-7-6-9-8-16(15-14-9)11-5-3-2-4-10(11)12/h2-5,8,13H,6-7H2,1H3. The lowest BCUT2D eigenvalue weighted by Gasteiger charge is -2.01. The van der Waals surface area contributed by atoms with Crippen LogP contribution in [0, 0.1) is 0 Å². The van der Waals surface area contributed by atoms with E-state index < -0.39 is 0 Å². The van der Waals surface area contributed by atoms with Crippen LogP contribution in [0.15, 0.2) is 34.9 Å². The molecule has 2 aromatic rings. The zero-order valence-corrected chi connectivity index (χ0v) is 10.6. The highest BCUT2D eigenvalue weighted by Gasteiger charge is 2.04. The molecule has 0 fully saturated rings. The highest BCUT2D eigenvalue weighted by Crippen LogP contribution is 2.19. The molecule has 84 valence electrons. The van der Waals surface area contributed by atoms with Gasteiger partial charge in [0, 0.05) is 17.4 Å². The van der Waals surface area contributed by atoms with E-state index in [9.17, 15) is 0 Å². The maximum Gasteiger partial charge on any atom is 0.0844 e. The van der Waals surface area contributed by atoms with Gasteiger partial charge in [-0.1, -0.05) is 17.3 Å². The molecular weight excluding hydrogens is 268 g/mol. The van der Waals surface area contributed by atoms with Crippen LogP contribution < -0.4 is 5.32 Å². The smallest absolute Gasteiger partial charge is 0.0844 e. The normalized spacial score (nSPS) is 10.6. The van der Waals surface area contributed by atoms with Crippen molar-refractivity contribution in [3.63, 3.8) is 0 Å². The maximum atomic E-state index is 4.12. The van der Waals surface area contributed by atoms with E-state index in [0.29, 0.717) is 0 Å². The molecule has 0 unspecified atom stereocenters. The highest BCUT2D eigenvalue weighted by atomic mass is 79.9. The van der Waals surface area contributed by atoms with Crippen molar-refractivity contribution in [2.45, 2.75) is 6.42 Å². The minimum absolute atomic E-state index is 0.890. The van der Waals surface area contributed by atoms with E-state index in [0.717, 1.165) is 28.8 Å². The van der Waals surface area contributed by atoms with Crippen molar-refractivity contribution >= 4 is 15.9 Å². The van der Waals surface area contributed by atoms with Gasteiger partial charge in [-0.15, -0.1) is 5.10 Å². The van der Waals surface area contributed by atoms with Crippen molar-refractivity contribution in [3.05, 3.63) is 40.6 Å². The van der Waals surface area contributed by atoms with Gasteiger partial charge in [0.1, 0.15) is 0 Å². The van der Waals surface area contributed by atoms with E-state index in [1.165, 1.54) is 0 Å². The summed E-state index contributed by atoms with van der Waals surface area (Å²) in [6, 6.07) is 7.95. The Bertz CT molecular complexity index is 467. The first-order chi connectivity index (χ1) is 7.81. The molecule has 0 atom stereocenters. The molecule has 0 bridgehead atoms. The predicted octanol–water partition coefficient (Wildman–Crippen LogP) is 1.79. The summed E-state index contributed by atoms with van der Waals surface area (Å²) in [6.45, 7) is 0.911. The third-order valence-electron chi connectivity index (χ3n) is 2.27. The minimum Gasteiger partial charge on any atom is -0.319 e. The van der Waals surface area contributed by atoms with Crippen molar-refractivity contribution in [2.24, 2.45) is 0 Å². The van der Waals surface area contributed by atoms with E-state index in [1.54, 1.807) is 4.68 Å². The molecule has 0 amide bonds. The second kappa shape index (κ2) is 5.23. The Hall–Kier alpha value is -1.20. The second-order valence-electron chi connectivity index (χ2n) is 3.46. The molecule has 1 heterocycles. The number of rotatable bonds is 4. The minimum atomic E-state index is 0.890. The molecular formula is C11H13BrN4. The van der Waals surface area contributed by atoms with Gasteiger partial charge in [-0.3, -0.25) is 0 Å². The number of aromatic nitrogens is 3. The number of nitrogens with zero attached hydrogens (tertiary/aromatic N) is 3. The number of hydrogen-bond acceptors (Lipinski definition) is 3. The quantitative estimate of drug-likeness (QED) is 0.929. The van der Waals surface area contributed by atoms with E-state index in [2.05, 4.69) is 31.6 Å². The first-order valence-electron chi connectivity index (χ1n) is 5.12. The number of hydrogen-bond donors (Lipinski definition) is 1. The fourth-order valence-corrected chi connectivity index (χ4v) is 1.89. The number of nitrogens with one attached hydrogen (secondary N) is 1. The van der Waals surface area contributed by atoms with Crippen LogP contribution in [0.4, 0.5) is 0 Å². The molecule has 0 saturated heterocycles. The Labute approximate surface area is 103 Å². The van der Waals surface area contributed by atoms with Crippen molar-refractivity contribution in [1.82, 2.24) is 20.3 Å².